The summed E-state index contributed by atoms with van der Waals surface area (Å²) < 4.78 is 24.6. The number of hydrogen-bond acceptors (Lipinski definition) is 4. The molecule has 0 aromatic heterocycles. The van der Waals surface area contributed by atoms with Gasteiger partial charge in [0.05, 0.1) is 11.3 Å². The van der Waals surface area contributed by atoms with Crippen LogP contribution in [0.15, 0.2) is 0 Å². The molecule has 2 fully saturated rings. The Morgan fingerprint density at radius 3 is 2.40 bits per heavy atom. The number of nitrogens with two attached hydrogens (primary N) is 1. The zero-order valence-electron chi connectivity index (χ0n) is 11.6. The normalized spacial score (nSPS) is 24.2. The highest BCUT2D eigenvalue weighted by molar-refractivity contribution is 7.89. The van der Waals surface area contributed by atoms with E-state index in [0.29, 0.717) is 19.5 Å². The second kappa shape index (κ2) is 7.06. The fourth-order valence-electron chi connectivity index (χ4n) is 2.96. The van der Waals surface area contributed by atoms with Gasteiger partial charge in [-0.3, -0.25) is 4.79 Å². The summed E-state index contributed by atoms with van der Waals surface area (Å²) in [6.45, 7) is 1.28. The molecule has 6 nitrogen and oxygen atoms in total. The van der Waals surface area contributed by atoms with Crippen LogP contribution in [0.4, 0.5) is 0 Å². The van der Waals surface area contributed by atoms with E-state index in [1.54, 1.807) is 0 Å². The van der Waals surface area contributed by atoms with Crippen molar-refractivity contribution in [2.45, 2.75) is 44.1 Å². The number of carbonyl (C=O) groups is 1. The van der Waals surface area contributed by atoms with Crippen LogP contribution >= 0.6 is 12.4 Å². The van der Waals surface area contributed by atoms with E-state index in [4.69, 9.17) is 5.73 Å². The fraction of sp³-hybridized carbons (Fsp3) is 0.917. The number of amides is 1. The number of nitrogens with one attached hydrogen (secondary N) is 1. The predicted molar refractivity (Wildman–Crippen MR) is 80.2 cm³/mol. The summed E-state index contributed by atoms with van der Waals surface area (Å²) in [4.78, 5) is 11.9. The van der Waals surface area contributed by atoms with Crippen molar-refractivity contribution in [1.82, 2.24) is 9.62 Å². The molecule has 0 aromatic carbocycles. The van der Waals surface area contributed by atoms with Crippen molar-refractivity contribution in [3.05, 3.63) is 0 Å². The van der Waals surface area contributed by atoms with Gasteiger partial charge < -0.3 is 11.1 Å². The lowest BCUT2D eigenvalue weighted by atomic mass is 9.97. The second-order valence-electron chi connectivity index (χ2n) is 5.56. The monoisotopic (exact) mass is 325 g/mol. The SMILES string of the molecule is Cl.NCC1(NC(=O)CCN2CCCS2(=O)=O)CCCC1. The molecule has 8 heteroatoms. The smallest absolute Gasteiger partial charge is 0.221 e. The quantitative estimate of drug-likeness (QED) is 0.756. The van der Waals surface area contributed by atoms with Gasteiger partial charge in [0.25, 0.3) is 0 Å². The van der Waals surface area contributed by atoms with Gasteiger partial charge >= 0.3 is 0 Å². The lowest BCUT2D eigenvalue weighted by Crippen LogP contribution is -2.52. The molecule has 20 heavy (non-hydrogen) atoms. The van der Waals surface area contributed by atoms with Crippen molar-refractivity contribution < 1.29 is 13.2 Å². The third-order valence-electron chi connectivity index (χ3n) is 4.15. The van der Waals surface area contributed by atoms with Crippen LogP contribution in [-0.4, -0.2) is 49.6 Å². The van der Waals surface area contributed by atoms with Crippen LogP contribution in [0.25, 0.3) is 0 Å². The largest absolute Gasteiger partial charge is 0.349 e. The second-order valence-corrected chi connectivity index (χ2v) is 7.65. The minimum absolute atomic E-state index is 0. The van der Waals surface area contributed by atoms with Crippen molar-refractivity contribution in [1.29, 1.82) is 0 Å². The van der Waals surface area contributed by atoms with Gasteiger partial charge in [-0.2, -0.15) is 0 Å². The molecule has 1 aliphatic carbocycles. The van der Waals surface area contributed by atoms with Crippen molar-refractivity contribution in [2.75, 3.05) is 25.4 Å². The zero-order chi connectivity index (χ0) is 13.9. The van der Waals surface area contributed by atoms with Gasteiger partial charge in [0.15, 0.2) is 0 Å². The van der Waals surface area contributed by atoms with Crippen LogP contribution in [0.3, 0.4) is 0 Å². The maximum absolute atomic E-state index is 11.9. The molecular weight excluding hydrogens is 302 g/mol. The zero-order valence-corrected chi connectivity index (χ0v) is 13.3. The van der Waals surface area contributed by atoms with Crippen molar-refractivity contribution in [3.63, 3.8) is 0 Å². The Balaban J connectivity index is 0.00000200. The highest BCUT2D eigenvalue weighted by Gasteiger charge is 2.34. The van der Waals surface area contributed by atoms with Crippen LogP contribution in [0.2, 0.25) is 0 Å². The van der Waals surface area contributed by atoms with Crippen molar-refractivity contribution in [3.8, 4) is 0 Å². The van der Waals surface area contributed by atoms with Crippen LogP contribution in [-0.2, 0) is 14.8 Å². The van der Waals surface area contributed by atoms with Crippen LogP contribution in [0.1, 0.15) is 38.5 Å². The summed E-state index contributed by atoms with van der Waals surface area (Å²) in [6.07, 6.45) is 4.93. The van der Waals surface area contributed by atoms with Crippen molar-refractivity contribution >= 4 is 28.3 Å². The molecule has 0 unspecified atom stereocenters. The number of hydrogen-bond donors (Lipinski definition) is 2. The number of sulfonamides is 1. The molecule has 2 aliphatic rings. The minimum Gasteiger partial charge on any atom is -0.349 e. The van der Waals surface area contributed by atoms with Crippen LogP contribution in [0.5, 0.6) is 0 Å². The van der Waals surface area contributed by atoms with E-state index in [2.05, 4.69) is 5.32 Å². The van der Waals surface area contributed by atoms with E-state index in [-0.39, 0.29) is 42.6 Å². The van der Waals surface area contributed by atoms with E-state index in [0.717, 1.165) is 25.7 Å². The highest BCUT2D eigenvalue weighted by atomic mass is 35.5. The van der Waals surface area contributed by atoms with Gasteiger partial charge in [-0.05, 0) is 19.3 Å². The lowest BCUT2D eigenvalue weighted by Gasteiger charge is -2.29. The Labute approximate surface area is 126 Å². The maximum atomic E-state index is 11.9. The summed E-state index contributed by atoms with van der Waals surface area (Å²) in [5.74, 6) is 0.121. The topological polar surface area (TPSA) is 92.5 Å². The Hall–Kier alpha value is -0.370. The lowest BCUT2D eigenvalue weighted by molar-refractivity contribution is -0.123. The average molecular weight is 326 g/mol. The Bertz CT molecular complexity index is 435. The summed E-state index contributed by atoms with van der Waals surface area (Å²) >= 11 is 0. The van der Waals surface area contributed by atoms with E-state index in [1.807, 2.05) is 0 Å². The third-order valence-corrected chi connectivity index (χ3v) is 6.10. The minimum atomic E-state index is -3.10. The first kappa shape index (κ1) is 17.7. The molecule has 0 aromatic rings. The molecule has 1 saturated heterocycles. The third kappa shape index (κ3) is 4.07. The summed E-state index contributed by atoms with van der Waals surface area (Å²) in [7, 11) is -3.10. The number of carbonyl (C=O) groups excluding carboxylic acids is 1. The standard InChI is InChI=1S/C12H23N3O3S.ClH/c13-10-12(5-1-2-6-12)14-11(16)4-8-15-7-3-9-19(15,17)18;/h1-10,13H2,(H,14,16);1H. The summed E-state index contributed by atoms with van der Waals surface area (Å²) in [5.41, 5.74) is 5.51. The molecule has 1 aliphatic heterocycles. The first-order valence-corrected chi connectivity index (χ1v) is 8.57. The molecule has 1 amide bonds. The van der Waals surface area contributed by atoms with E-state index in [1.165, 1.54) is 4.31 Å². The number of halogens is 1. The molecule has 3 N–H and O–H groups in total. The maximum Gasteiger partial charge on any atom is 0.221 e. The van der Waals surface area contributed by atoms with Crippen LogP contribution < -0.4 is 11.1 Å². The van der Waals surface area contributed by atoms with Gasteiger partial charge in [0.2, 0.25) is 15.9 Å². The van der Waals surface area contributed by atoms with E-state index in [9.17, 15) is 13.2 Å². The first-order valence-electron chi connectivity index (χ1n) is 6.96. The molecular formula is C12H24ClN3O3S. The van der Waals surface area contributed by atoms with Gasteiger partial charge in [-0.1, -0.05) is 12.8 Å². The van der Waals surface area contributed by atoms with Gasteiger partial charge in [-0.25, -0.2) is 12.7 Å². The fourth-order valence-corrected chi connectivity index (χ4v) is 4.49. The molecule has 0 atom stereocenters. The molecule has 0 radical (unpaired) electrons. The summed E-state index contributed by atoms with van der Waals surface area (Å²) in [6, 6.07) is 0. The molecule has 0 bridgehead atoms. The van der Waals surface area contributed by atoms with Gasteiger partial charge in [0, 0.05) is 26.1 Å². The van der Waals surface area contributed by atoms with Crippen molar-refractivity contribution in [2.24, 2.45) is 5.73 Å². The number of nitrogens with zero attached hydrogens (tertiary/aromatic N) is 1. The average Bonchev–Trinajstić information content (AvgIpc) is 2.94. The highest BCUT2D eigenvalue weighted by Crippen LogP contribution is 2.28. The van der Waals surface area contributed by atoms with E-state index < -0.39 is 10.0 Å². The summed E-state index contributed by atoms with van der Waals surface area (Å²) in [5, 5.41) is 3.01. The number of rotatable bonds is 5. The van der Waals surface area contributed by atoms with E-state index >= 15 is 0 Å². The molecule has 1 heterocycles. The van der Waals surface area contributed by atoms with Gasteiger partial charge in [-0.15, -0.1) is 12.4 Å². The van der Waals surface area contributed by atoms with Gasteiger partial charge in [0.1, 0.15) is 0 Å². The Morgan fingerprint density at radius 2 is 1.90 bits per heavy atom. The Kier molecular flexibility index (Phi) is 6.25. The Morgan fingerprint density at radius 1 is 1.25 bits per heavy atom. The predicted octanol–water partition coefficient (Wildman–Crippen LogP) is 0.221. The molecule has 118 valence electrons. The molecule has 0 spiro atoms. The molecule has 1 saturated carbocycles. The van der Waals surface area contributed by atoms with Crippen LogP contribution in [0, 0.1) is 0 Å². The first-order chi connectivity index (χ1) is 8.97. The molecule has 2 rings (SSSR count).